The Bertz CT molecular complexity index is 925. The van der Waals surface area contributed by atoms with Crippen molar-refractivity contribution in [3.63, 3.8) is 0 Å². The van der Waals surface area contributed by atoms with E-state index in [4.69, 9.17) is 21.1 Å². The number of nitrogens with zero attached hydrogens (tertiary/aromatic N) is 2. The highest BCUT2D eigenvalue weighted by Gasteiger charge is 2.62. The normalized spacial score (nSPS) is 25.0. The smallest absolute Gasteiger partial charge is 0.318 e. The topological polar surface area (TPSA) is 76.2 Å². The number of hydrogen-bond donors (Lipinski definition) is 0. The van der Waals surface area contributed by atoms with E-state index in [0.29, 0.717) is 56.4 Å². The summed E-state index contributed by atoms with van der Waals surface area (Å²) in [5.74, 6) is -1.40. The predicted octanol–water partition coefficient (Wildman–Crippen LogP) is 3.21. The van der Waals surface area contributed by atoms with Gasteiger partial charge in [0.1, 0.15) is 5.41 Å². The van der Waals surface area contributed by atoms with Gasteiger partial charge in [0, 0.05) is 36.8 Å². The summed E-state index contributed by atoms with van der Waals surface area (Å²) in [5.41, 5.74) is 0.678. The fraction of sp³-hybridized carbons (Fsp3) is 0.560. The molecule has 0 radical (unpaired) electrons. The third-order valence-electron chi connectivity index (χ3n) is 6.94. The van der Waals surface area contributed by atoms with Crippen LogP contribution in [0.25, 0.3) is 0 Å². The summed E-state index contributed by atoms with van der Waals surface area (Å²) < 4.78 is 10.9. The number of allylic oxidation sites excluding steroid dienone is 1. The molecule has 0 bridgehead atoms. The lowest BCUT2D eigenvalue weighted by Crippen LogP contribution is -2.46. The standard InChI is InChI=1S/C25H31ClN2O5/c1-2-33-24(31)25-11-4-3-5-21(25)28(12-10-18-6-8-19(26)9-7-18)23(30)20(25)17-22(29)27-13-15-32-16-14-27/h5-9,20H,2-4,10-17H2,1H3/t20-,25-/m1/s1. The number of amides is 2. The second-order valence-electron chi connectivity index (χ2n) is 8.79. The van der Waals surface area contributed by atoms with E-state index in [9.17, 15) is 14.4 Å². The zero-order valence-electron chi connectivity index (χ0n) is 19.1. The molecule has 178 valence electrons. The summed E-state index contributed by atoms with van der Waals surface area (Å²) in [6, 6.07) is 7.54. The highest BCUT2D eigenvalue weighted by Crippen LogP contribution is 2.53. The van der Waals surface area contributed by atoms with Gasteiger partial charge >= 0.3 is 5.97 Å². The Morgan fingerprint density at radius 3 is 2.64 bits per heavy atom. The predicted molar refractivity (Wildman–Crippen MR) is 123 cm³/mol. The van der Waals surface area contributed by atoms with Crippen LogP contribution in [-0.4, -0.2) is 67.0 Å². The molecule has 2 amide bonds. The van der Waals surface area contributed by atoms with Gasteiger partial charge in [-0.3, -0.25) is 14.4 Å². The third kappa shape index (κ3) is 4.66. The molecule has 3 aliphatic rings. The molecule has 0 aromatic heterocycles. The molecule has 2 heterocycles. The molecule has 1 aromatic carbocycles. The van der Waals surface area contributed by atoms with Crippen LogP contribution >= 0.6 is 11.6 Å². The number of halogens is 1. The number of hydrogen-bond acceptors (Lipinski definition) is 5. The van der Waals surface area contributed by atoms with Crippen molar-refractivity contribution < 1.29 is 23.9 Å². The number of benzene rings is 1. The minimum Gasteiger partial charge on any atom is -0.465 e. The van der Waals surface area contributed by atoms with Crippen molar-refractivity contribution >= 4 is 29.4 Å². The first-order valence-corrected chi connectivity index (χ1v) is 12.1. The van der Waals surface area contributed by atoms with Crippen LogP contribution in [0.5, 0.6) is 0 Å². The zero-order valence-corrected chi connectivity index (χ0v) is 19.8. The summed E-state index contributed by atoms with van der Waals surface area (Å²) in [7, 11) is 0. The van der Waals surface area contributed by atoms with E-state index in [1.54, 1.807) is 16.7 Å². The van der Waals surface area contributed by atoms with E-state index in [1.165, 1.54) is 0 Å². The van der Waals surface area contributed by atoms with Crippen molar-refractivity contribution in [2.45, 2.75) is 39.0 Å². The molecule has 0 N–H and O–H groups in total. The highest BCUT2D eigenvalue weighted by atomic mass is 35.5. The Labute approximate surface area is 199 Å². The molecule has 33 heavy (non-hydrogen) atoms. The fourth-order valence-electron chi connectivity index (χ4n) is 5.26. The molecule has 4 rings (SSSR count). The molecule has 0 unspecified atom stereocenters. The molecule has 2 saturated heterocycles. The maximum Gasteiger partial charge on any atom is 0.318 e. The first-order valence-electron chi connectivity index (χ1n) is 11.8. The van der Waals surface area contributed by atoms with E-state index >= 15 is 0 Å². The number of ether oxygens (including phenoxy) is 2. The molecule has 2 aliphatic heterocycles. The first-order chi connectivity index (χ1) is 16.0. The highest BCUT2D eigenvalue weighted by molar-refractivity contribution is 6.30. The molecule has 0 spiro atoms. The minimum atomic E-state index is -1.09. The van der Waals surface area contributed by atoms with E-state index in [1.807, 2.05) is 30.3 Å². The molecule has 0 saturated carbocycles. The number of carbonyl (C=O) groups is 3. The van der Waals surface area contributed by atoms with Gasteiger partial charge in [0.2, 0.25) is 11.8 Å². The maximum atomic E-state index is 13.7. The van der Waals surface area contributed by atoms with Crippen molar-refractivity contribution in [1.29, 1.82) is 0 Å². The van der Waals surface area contributed by atoms with Gasteiger partial charge in [0.05, 0.1) is 25.7 Å². The molecular weight excluding hydrogens is 444 g/mol. The van der Waals surface area contributed by atoms with Crippen LogP contribution in [0.4, 0.5) is 0 Å². The zero-order chi connectivity index (χ0) is 23.4. The van der Waals surface area contributed by atoms with Gasteiger partial charge < -0.3 is 19.3 Å². The number of rotatable bonds is 7. The average Bonchev–Trinajstić information content (AvgIpc) is 3.08. The Hall–Kier alpha value is -2.38. The summed E-state index contributed by atoms with van der Waals surface area (Å²) >= 11 is 6.00. The van der Waals surface area contributed by atoms with Crippen molar-refractivity contribution in [2.24, 2.45) is 11.3 Å². The van der Waals surface area contributed by atoms with Gasteiger partial charge in [-0.2, -0.15) is 0 Å². The molecule has 7 nitrogen and oxygen atoms in total. The van der Waals surface area contributed by atoms with Crippen LogP contribution in [0, 0.1) is 11.3 Å². The lowest BCUT2D eigenvalue weighted by Gasteiger charge is -2.36. The van der Waals surface area contributed by atoms with E-state index in [2.05, 4.69) is 0 Å². The van der Waals surface area contributed by atoms with Gasteiger partial charge in [-0.1, -0.05) is 29.8 Å². The van der Waals surface area contributed by atoms with Crippen molar-refractivity contribution in [2.75, 3.05) is 39.5 Å². The summed E-state index contributed by atoms with van der Waals surface area (Å²) in [5, 5.41) is 0.661. The Morgan fingerprint density at radius 2 is 1.94 bits per heavy atom. The lowest BCUT2D eigenvalue weighted by atomic mass is 9.68. The van der Waals surface area contributed by atoms with Crippen molar-refractivity contribution in [1.82, 2.24) is 9.80 Å². The van der Waals surface area contributed by atoms with Crippen LogP contribution in [0.1, 0.15) is 38.2 Å². The number of fused-ring (bicyclic) bond motifs is 1. The SMILES string of the molecule is CCOC(=O)[C@@]12CCCC=C1N(CCc1ccc(Cl)cc1)C(=O)[C@H]2CC(=O)N1CCOCC1. The van der Waals surface area contributed by atoms with Crippen LogP contribution in [-0.2, 0) is 30.3 Å². The number of esters is 1. The van der Waals surface area contributed by atoms with Crippen LogP contribution in [0.15, 0.2) is 36.0 Å². The van der Waals surface area contributed by atoms with E-state index < -0.39 is 17.3 Å². The van der Waals surface area contributed by atoms with Gasteiger partial charge in [-0.05, 0) is 50.3 Å². The molecule has 8 heteroatoms. The molecule has 1 aliphatic carbocycles. The molecular formula is C25H31ClN2O5. The largest absolute Gasteiger partial charge is 0.465 e. The van der Waals surface area contributed by atoms with Gasteiger partial charge in [0.15, 0.2) is 0 Å². The monoisotopic (exact) mass is 474 g/mol. The summed E-state index contributed by atoms with van der Waals surface area (Å²) in [6.07, 6.45) is 4.73. The van der Waals surface area contributed by atoms with Gasteiger partial charge in [-0.25, -0.2) is 0 Å². The molecule has 2 atom stereocenters. The first kappa shape index (κ1) is 23.8. The maximum absolute atomic E-state index is 13.7. The number of morpholine rings is 1. The Kier molecular flexibility index (Phi) is 7.39. The van der Waals surface area contributed by atoms with E-state index in [0.717, 1.165) is 18.4 Å². The summed E-state index contributed by atoms with van der Waals surface area (Å²) in [6.45, 7) is 4.44. The van der Waals surface area contributed by atoms with Gasteiger partial charge in [-0.15, -0.1) is 0 Å². The second-order valence-corrected chi connectivity index (χ2v) is 9.23. The number of carbonyl (C=O) groups excluding carboxylic acids is 3. The third-order valence-corrected chi connectivity index (χ3v) is 7.19. The Balaban J connectivity index is 1.62. The molecule has 2 fully saturated rings. The van der Waals surface area contributed by atoms with Crippen LogP contribution in [0.2, 0.25) is 5.02 Å². The fourth-order valence-corrected chi connectivity index (χ4v) is 5.39. The van der Waals surface area contributed by atoms with E-state index in [-0.39, 0.29) is 24.8 Å². The van der Waals surface area contributed by atoms with Crippen LogP contribution < -0.4 is 0 Å². The minimum absolute atomic E-state index is 0.00638. The average molecular weight is 475 g/mol. The van der Waals surface area contributed by atoms with Gasteiger partial charge in [0.25, 0.3) is 0 Å². The van der Waals surface area contributed by atoms with Crippen molar-refractivity contribution in [3.05, 3.63) is 46.6 Å². The number of likely N-dealkylation sites (tertiary alicyclic amines) is 1. The summed E-state index contributed by atoms with van der Waals surface area (Å²) in [4.78, 5) is 43.7. The Morgan fingerprint density at radius 1 is 1.21 bits per heavy atom. The quantitative estimate of drug-likeness (QED) is 0.567. The van der Waals surface area contributed by atoms with Crippen molar-refractivity contribution in [3.8, 4) is 0 Å². The second kappa shape index (κ2) is 10.3. The lowest BCUT2D eigenvalue weighted by molar-refractivity contribution is -0.159. The van der Waals surface area contributed by atoms with Crippen LogP contribution in [0.3, 0.4) is 0 Å². The molecule has 1 aromatic rings.